The molecule has 0 spiro atoms. The van der Waals surface area contributed by atoms with Crippen LogP contribution in [-0.4, -0.2) is 16.5 Å². The van der Waals surface area contributed by atoms with Crippen molar-refractivity contribution in [3.05, 3.63) is 0 Å². The first-order valence-electron chi connectivity index (χ1n) is 4.96. The predicted octanol–water partition coefficient (Wildman–Crippen LogP) is 1.66. The molecule has 0 heterocycles. The molecule has 0 atom stereocenters. The summed E-state index contributed by atoms with van der Waals surface area (Å²) in [5.41, 5.74) is -0.914. The third-order valence-electron chi connectivity index (χ3n) is 3.12. The van der Waals surface area contributed by atoms with E-state index in [0.717, 1.165) is 12.8 Å². The van der Waals surface area contributed by atoms with Gasteiger partial charge in [-0.3, -0.25) is 4.79 Å². The molecule has 2 nitrogen and oxygen atoms in total. The number of hydrogen-bond donors (Lipinski definition) is 1. The Kier molecular flexibility index (Phi) is 1.95. The van der Waals surface area contributed by atoms with Crippen molar-refractivity contribution in [1.29, 1.82) is 0 Å². The molecule has 2 saturated carbocycles. The van der Waals surface area contributed by atoms with E-state index in [1.54, 1.807) is 0 Å². The van der Waals surface area contributed by atoms with Crippen molar-refractivity contribution in [3.63, 3.8) is 0 Å². The Morgan fingerprint density at radius 2 is 1.92 bits per heavy atom. The standard InChI is InChI=1S/C10H16O2/c11-9(7-8-3-4-8)10(12)5-1-2-6-10/h8,12H,1-7H2. The second kappa shape index (κ2) is 2.84. The first-order chi connectivity index (χ1) is 5.71. The second-order valence-electron chi connectivity index (χ2n) is 4.31. The van der Waals surface area contributed by atoms with Crippen molar-refractivity contribution in [2.24, 2.45) is 5.92 Å². The average molecular weight is 168 g/mol. The fraction of sp³-hybridized carbons (Fsp3) is 0.900. The molecule has 2 rings (SSSR count). The number of carbonyl (C=O) groups is 1. The quantitative estimate of drug-likeness (QED) is 0.696. The van der Waals surface area contributed by atoms with Crippen LogP contribution in [0.25, 0.3) is 0 Å². The summed E-state index contributed by atoms with van der Waals surface area (Å²) in [5, 5.41) is 9.89. The van der Waals surface area contributed by atoms with Crippen molar-refractivity contribution in [2.45, 2.75) is 50.5 Å². The summed E-state index contributed by atoms with van der Waals surface area (Å²) >= 11 is 0. The van der Waals surface area contributed by atoms with Gasteiger partial charge in [0, 0.05) is 6.42 Å². The molecule has 0 aromatic carbocycles. The fourth-order valence-electron chi connectivity index (χ4n) is 2.01. The molecular weight excluding hydrogens is 152 g/mol. The van der Waals surface area contributed by atoms with Crippen molar-refractivity contribution in [1.82, 2.24) is 0 Å². The van der Waals surface area contributed by atoms with Crippen LogP contribution in [0, 0.1) is 5.92 Å². The van der Waals surface area contributed by atoms with Crippen molar-refractivity contribution in [3.8, 4) is 0 Å². The van der Waals surface area contributed by atoms with Crippen LogP contribution in [0.4, 0.5) is 0 Å². The summed E-state index contributed by atoms with van der Waals surface area (Å²) in [7, 11) is 0. The lowest BCUT2D eigenvalue weighted by atomic mass is 9.93. The zero-order valence-corrected chi connectivity index (χ0v) is 7.38. The Bertz CT molecular complexity index is 188. The van der Waals surface area contributed by atoms with Crippen LogP contribution >= 0.6 is 0 Å². The van der Waals surface area contributed by atoms with Gasteiger partial charge in [-0.2, -0.15) is 0 Å². The van der Waals surface area contributed by atoms with Crippen LogP contribution in [0.1, 0.15) is 44.9 Å². The first kappa shape index (κ1) is 8.24. The van der Waals surface area contributed by atoms with Gasteiger partial charge in [0.2, 0.25) is 0 Å². The number of ketones is 1. The molecule has 0 aromatic rings. The van der Waals surface area contributed by atoms with Gasteiger partial charge in [-0.05, 0) is 44.4 Å². The summed E-state index contributed by atoms with van der Waals surface area (Å²) < 4.78 is 0. The first-order valence-corrected chi connectivity index (χ1v) is 4.96. The van der Waals surface area contributed by atoms with Crippen molar-refractivity contribution < 1.29 is 9.90 Å². The SMILES string of the molecule is O=C(CC1CC1)C1(O)CCCC1. The normalized spacial score (nSPS) is 27.4. The van der Waals surface area contributed by atoms with Crippen LogP contribution < -0.4 is 0 Å². The minimum atomic E-state index is -0.914. The van der Waals surface area contributed by atoms with E-state index in [0.29, 0.717) is 25.2 Å². The molecule has 0 amide bonds. The molecule has 2 aliphatic carbocycles. The molecule has 0 aliphatic heterocycles. The maximum Gasteiger partial charge on any atom is 0.164 e. The largest absolute Gasteiger partial charge is 0.382 e. The van der Waals surface area contributed by atoms with Gasteiger partial charge in [0.25, 0.3) is 0 Å². The lowest BCUT2D eigenvalue weighted by molar-refractivity contribution is -0.137. The monoisotopic (exact) mass is 168 g/mol. The molecular formula is C10H16O2. The summed E-state index contributed by atoms with van der Waals surface area (Å²) in [6, 6.07) is 0. The molecule has 0 saturated heterocycles. The highest BCUT2D eigenvalue weighted by atomic mass is 16.3. The van der Waals surface area contributed by atoms with Crippen LogP contribution in [0.5, 0.6) is 0 Å². The van der Waals surface area contributed by atoms with Gasteiger partial charge < -0.3 is 5.11 Å². The molecule has 2 heteroatoms. The van der Waals surface area contributed by atoms with E-state index in [1.807, 2.05) is 0 Å². The molecule has 2 fully saturated rings. The smallest absolute Gasteiger partial charge is 0.164 e. The van der Waals surface area contributed by atoms with Gasteiger partial charge in [-0.25, -0.2) is 0 Å². The second-order valence-corrected chi connectivity index (χ2v) is 4.31. The Morgan fingerprint density at radius 1 is 1.33 bits per heavy atom. The summed E-state index contributed by atoms with van der Waals surface area (Å²) in [5.74, 6) is 0.727. The fourth-order valence-corrected chi connectivity index (χ4v) is 2.01. The molecule has 0 aromatic heterocycles. The molecule has 0 radical (unpaired) electrons. The van der Waals surface area contributed by atoms with Gasteiger partial charge in [0.05, 0.1) is 0 Å². The van der Waals surface area contributed by atoms with E-state index in [9.17, 15) is 9.90 Å². The highest BCUT2D eigenvalue weighted by Gasteiger charge is 2.40. The summed E-state index contributed by atoms with van der Waals surface area (Å²) in [4.78, 5) is 11.6. The van der Waals surface area contributed by atoms with Gasteiger partial charge in [-0.1, -0.05) is 0 Å². The maximum absolute atomic E-state index is 11.6. The molecule has 68 valence electrons. The Balaban J connectivity index is 1.91. The number of hydrogen-bond acceptors (Lipinski definition) is 2. The third kappa shape index (κ3) is 1.53. The lowest BCUT2D eigenvalue weighted by Gasteiger charge is -2.19. The number of aliphatic hydroxyl groups is 1. The average Bonchev–Trinajstić information content (AvgIpc) is 2.73. The topological polar surface area (TPSA) is 37.3 Å². The van der Waals surface area contributed by atoms with E-state index in [4.69, 9.17) is 0 Å². The molecule has 0 unspecified atom stereocenters. The highest BCUT2D eigenvalue weighted by Crippen LogP contribution is 2.38. The van der Waals surface area contributed by atoms with E-state index in [-0.39, 0.29) is 5.78 Å². The molecule has 1 N–H and O–H groups in total. The third-order valence-corrected chi connectivity index (χ3v) is 3.12. The van der Waals surface area contributed by atoms with Crippen LogP contribution in [0.15, 0.2) is 0 Å². The van der Waals surface area contributed by atoms with E-state index < -0.39 is 5.60 Å². The number of Topliss-reactive ketones (excluding diaryl/α,β-unsaturated/α-hetero) is 1. The molecule has 0 bridgehead atoms. The van der Waals surface area contributed by atoms with Crippen molar-refractivity contribution >= 4 is 5.78 Å². The van der Waals surface area contributed by atoms with E-state index in [1.165, 1.54) is 12.8 Å². The van der Waals surface area contributed by atoms with Crippen LogP contribution in [0.3, 0.4) is 0 Å². The maximum atomic E-state index is 11.6. The van der Waals surface area contributed by atoms with E-state index in [2.05, 4.69) is 0 Å². The van der Waals surface area contributed by atoms with Gasteiger partial charge >= 0.3 is 0 Å². The molecule has 12 heavy (non-hydrogen) atoms. The summed E-state index contributed by atoms with van der Waals surface area (Å²) in [6.45, 7) is 0. The van der Waals surface area contributed by atoms with E-state index >= 15 is 0 Å². The minimum Gasteiger partial charge on any atom is -0.382 e. The van der Waals surface area contributed by atoms with Gasteiger partial charge in [0.15, 0.2) is 5.78 Å². The number of rotatable bonds is 3. The van der Waals surface area contributed by atoms with Crippen LogP contribution in [-0.2, 0) is 4.79 Å². The van der Waals surface area contributed by atoms with Crippen molar-refractivity contribution in [2.75, 3.05) is 0 Å². The lowest BCUT2D eigenvalue weighted by Crippen LogP contribution is -2.35. The Labute approximate surface area is 73.0 Å². The zero-order chi connectivity index (χ0) is 8.60. The van der Waals surface area contributed by atoms with Gasteiger partial charge in [-0.15, -0.1) is 0 Å². The van der Waals surface area contributed by atoms with Crippen LogP contribution in [0.2, 0.25) is 0 Å². The number of carbonyl (C=O) groups excluding carboxylic acids is 1. The summed E-state index contributed by atoms with van der Waals surface area (Å²) in [6.07, 6.45) is 6.48. The predicted molar refractivity (Wildman–Crippen MR) is 45.8 cm³/mol. The Morgan fingerprint density at radius 3 is 2.42 bits per heavy atom. The van der Waals surface area contributed by atoms with Gasteiger partial charge in [0.1, 0.15) is 5.60 Å². The minimum absolute atomic E-state index is 0.113. The zero-order valence-electron chi connectivity index (χ0n) is 7.38. The highest BCUT2D eigenvalue weighted by molar-refractivity contribution is 5.87. The molecule has 2 aliphatic rings. The Hall–Kier alpha value is -0.370.